The molecule has 0 aliphatic rings. The van der Waals surface area contributed by atoms with Crippen LogP contribution < -0.4 is 0 Å². The molecule has 0 atom stereocenters. The maximum atomic E-state index is 9.85. The van der Waals surface area contributed by atoms with Crippen molar-refractivity contribution in [2.75, 3.05) is 0 Å². The van der Waals surface area contributed by atoms with E-state index in [-0.39, 0.29) is 0 Å². The summed E-state index contributed by atoms with van der Waals surface area (Å²) in [4.78, 5) is 4.55. The highest BCUT2D eigenvalue weighted by Gasteiger charge is 2.20. The molecule has 0 saturated heterocycles. The molecule has 0 amide bonds. The molecule has 0 radical (unpaired) electrons. The summed E-state index contributed by atoms with van der Waals surface area (Å²) in [5, 5.41) is 18.8. The van der Waals surface area contributed by atoms with Crippen LogP contribution in [0.5, 0.6) is 0 Å². The summed E-state index contributed by atoms with van der Waals surface area (Å²) < 4.78 is 2.87. The molecule has 0 unspecified atom stereocenters. The number of hydrogen-bond acceptors (Lipinski definition) is 5. The van der Waals surface area contributed by atoms with E-state index < -0.39 is 5.60 Å². The first kappa shape index (κ1) is 12.3. The SMILES string of the molecule is CC(C)(O)c1cn(Cc2nc3ccccc3s2)nn1. The standard InChI is InChI=1S/C13H14N4OS/c1-13(2,18)11-7-17(16-15-11)8-12-14-9-5-3-4-6-10(9)19-12/h3-7,18H,8H2,1-2H3. The maximum Gasteiger partial charge on any atom is 0.115 e. The van der Waals surface area contributed by atoms with E-state index in [1.54, 1.807) is 36.1 Å². The van der Waals surface area contributed by atoms with Gasteiger partial charge in [-0.2, -0.15) is 0 Å². The van der Waals surface area contributed by atoms with Gasteiger partial charge >= 0.3 is 0 Å². The molecule has 3 rings (SSSR count). The van der Waals surface area contributed by atoms with Crippen LogP contribution in [0.1, 0.15) is 24.5 Å². The van der Waals surface area contributed by atoms with Crippen molar-refractivity contribution in [2.24, 2.45) is 0 Å². The van der Waals surface area contributed by atoms with E-state index in [4.69, 9.17) is 0 Å². The second-order valence-electron chi connectivity index (χ2n) is 4.94. The van der Waals surface area contributed by atoms with Gasteiger partial charge in [-0.3, -0.25) is 0 Å². The Labute approximate surface area is 114 Å². The van der Waals surface area contributed by atoms with Crippen molar-refractivity contribution in [1.29, 1.82) is 0 Å². The van der Waals surface area contributed by atoms with Crippen LogP contribution in [0.4, 0.5) is 0 Å². The molecule has 0 aliphatic carbocycles. The first-order valence-electron chi connectivity index (χ1n) is 6.00. The van der Waals surface area contributed by atoms with Crippen molar-refractivity contribution in [2.45, 2.75) is 26.0 Å². The molecule has 1 aromatic carbocycles. The number of fused-ring (bicyclic) bond motifs is 1. The molecule has 19 heavy (non-hydrogen) atoms. The van der Waals surface area contributed by atoms with Crippen molar-refractivity contribution in [1.82, 2.24) is 20.0 Å². The zero-order valence-electron chi connectivity index (χ0n) is 10.7. The van der Waals surface area contributed by atoms with Crippen molar-refractivity contribution in [3.05, 3.63) is 41.2 Å². The minimum absolute atomic E-state index is 0.564. The lowest BCUT2D eigenvalue weighted by Crippen LogP contribution is -2.15. The van der Waals surface area contributed by atoms with Crippen molar-refractivity contribution in [3.63, 3.8) is 0 Å². The predicted octanol–water partition coefficient (Wildman–Crippen LogP) is 2.16. The van der Waals surface area contributed by atoms with Gasteiger partial charge in [0.15, 0.2) is 0 Å². The summed E-state index contributed by atoms with van der Waals surface area (Å²) in [7, 11) is 0. The summed E-state index contributed by atoms with van der Waals surface area (Å²) in [6, 6.07) is 8.04. The Balaban J connectivity index is 1.86. The summed E-state index contributed by atoms with van der Waals surface area (Å²) in [5.74, 6) is 0. The Morgan fingerprint density at radius 2 is 2.11 bits per heavy atom. The van der Waals surface area contributed by atoms with Gasteiger partial charge in [-0.15, -0.1) is 16.4 Å². The van der Waals surface area contributed by atoms with E-state index in [2.05, 4.69) is 21.4 Å². The number of nitrogens with zero attached hydrogens (tertiary/aromatic N) is 4. The Morgan fingerprint density at radius 3 is 2.79 bits per heavy atom. The fraction of sp³-hybridized carbons (Fsp3) is 0.308. The number of para-hydroxylation sites is 1. The second kappa shape index (κ2) is 4.40. The number of rotatable bonds is 3. The van der Waals surface area contributed by atoms with E-state index in [0.29, 0.717) is 12.2 Å². The lowest BCUT2D eigenvalue weighted by Gasteiger charge is -2.11. The molecule has 98 valence electrons. The van der Waals surface area contributed by atoms with Crippen LogP contribution in [0.15, 0.2) is 30.5 Å². The predicted molar refractivity (Wildman–Crippen MR) is 74.0 cm³/mol. The van der Waals surface area contributed by atoms with Crippen molar-refractivity contribution in [3.8, 4) is 0 Å². The summed E-state index contributed by atoms with van der Waals surface area (Å²) >= 11 is 1.65. The van der Waals surface area contributed by atoms with Gasteiger partial charge in [0, 0.05) is 0 Å². The molecular weight excluding hydrogens is 260 g/mol. The molecule has 2 aromatic heterocycles. The van der Waals surface area contributed by atoms with E-state index in [1.807, 2.05) is 18.2 Å². The van der Waals surface area contributed by atoms with Gasteiger partial charge in [0.05, 0.1) is 23.0 Å². The molecule has 3 aromatic rings. The molecule has 0 aliphatic heterocycles. The van der Waals surface area contributed by atoms with Gasteiger partial charge in [0.2, 0.25) is 0 Å². The van der Waals surface area contributed by atoms with Crippen LogP contribution in [0.25, 0.3) is 10.2 Å². The topological polar surface area (TPSA) is 63.8 Å². The zero-order valence-corrected chi connectivity index (χ0v) is 11.6. The van der Waals surface area contributed by atoms with Crippen LogP contribution in [-0.4, -0.2) is 25.1 Å². The summed E-state index contributed by atoms with van der Waals surface area (Å²) in [5.41, 5.74) is 0.602. The maximum absolute atomic E-state index is 9.85. The average Bonchev–Trinajstić information content (AvgIpc) is 2.94. The third-order valence-corrected chi connectivity index (χ3v) is 3.82. The normalized spacial score (nSPS) is 12.2. The average molecular weight is 274 g/mol. The summed E-state index contributed by atoms with van der Waals surface area (Å²) in [6.45, 7) is 3.96. The highest BCUT2D eigenvalue weighted by Crippen LogP contribution is 2.22. The van der Waals surface area contributed by atoms with Gasteiger partial charge < -0.3 is 5.11 Å². The number of aliphatic hydroxyl groups is 1. The molecule has 5 nitrogen and oxygen atoms in total. The fourth-order valence-electron chi connectivity index (χ4n) is 1.78. The monoisotopic (exact) mass is 274 g/mol. The van der Waals surface area contributed by atoms with Gasteiger partial charge in [0.1, 0.15) is 16.3 Å². The molecular formula is C13H14N4OS. The van der Waals surface area contributed by atoms with Crippen LogP contribution >= 0.6 is 11.3 Å². The largest absolute Gasteiger partial charge is 0.384 e. The van der Waals surface area contributed by atoms with E-state index in [0.717, 1.165) is 10.5 Å². The summed E-state index contributed by atoms with van der Waals surface area (Å²) in [6.07, 6.45) is 1.76. The molecule has 1 N–H and O–H groups in total. The van der Waals surface area contributed by atoms with Gasteiger partial charge in [0.25, 0.3) is 0 Å². The quantitative estimate of drug-likeness (QED) is 0.795. The highest BCUT2D eigenvalue weighted by molar-refractivity contribution is 7.18. The minimum atomic E-state index is -0.966. The molecule has 0 bridgehead atoms. The Kier molecular flexibility index (Phi) is 2.83. The Bertz CT molecular complexity index is 678. The minimum Gasteiger partial charge on any atom is -0.384 e. The number of aromatic nitrogens is 4. The smallest absolute Gasteiger partial charge is 0.115 e. The van der Waals surface area contributed by atoms with Gasteiger partial charge in [-0.25, -0.2) is 9.67 Å². The Morgan fingerprint density at radius 1 is 1.32 bits per heavy atom. The van der Waals surface area contributed by atoms with Crippen LogP contribution in [0, 0.1) is 0 Å². The zero-order chi connectivity index (χ0) is 13.5. The Hall–Kier alpha value is -1.79. The van der Waals surface area contributed by atoms with Crippen LogP contribution in [-0.2, 0) is 12.1 Å². The lowest BCUT2D eigenvalue weighted by molar-refractivity contribution is 0.0737. The first-order valence-corrected chi connectivity index (χ1v) is 6.81. The lowest BCUT2D eigenvalue weighted by atomic mass is 10.1. The number of hydrogen-bond donors (Lipinski definition) is 1. The fourth-order valence-corrected chi connectivity index (χ4v) is 2.74. The number of benzene rings is 1. The van der Waals surface area contributed by atoms with Crippen LogP contribution in [0.3, 0.4) is 0 Å². The third kappa shape index (κ3) is 2.50. The van der Waals surface area contributed by atoms with Gasteiger partial charge in [-0.1, -0.05) is 17.3 Å². The molecule has 6 heteroatoms. The molecule has 0 spiro atoms. The molecule has 2 heterocycles. The van der Waals surface area contributed by atoms with Crippen molar-refractivity contribution >= 4 is 21.6 Å². The first-order chi connectivity index (χ1) is 9.02. The highest BCUT2D eigenvalue weighted by atomic mass is 32.1. The van der Waals surface area contributed by atoms with E-state index >= 15 is 0 Å². The molecule has 0 fully saturated rings. The van der Waals surface area contributed by atoms with Gasteiger partial charge in [-0.05, 0) is 26.0 Å². The number of thiazole rings is 1. The van der Waals surface area contributed by atoms with E-state index in [1.165, 1.54) is 4.70 Å². The van der Waals surface area contributed by atoms with Crippen LogP contribution in [0.2, 0.25) is 0 Å². The second-order valence-corrected chi connectivity index (χ2v) is 6.05. The third-order valence-electron chi connectivity index (χ3n) is 2.80. The molecule has 0 saturated carbocycles. The van der Waals surface area contributed by atoms with Crippen molar-refractivity contribution < 1.29 is 5.11 Å². The van der Waals surface area contributed by atoms with E-state index in [9.17, 15) is 5.11 Å².